The lowest BCUT2D eigenvalue weighted by Crippen LogP contribution is -2.41. The molecule has 29 heavy (non-hydrogen) atoms. The monoisotopic (exact) mass is 416 g/mol. The van der Waals surface area contributed by atoms with Crippen molar-refractivity contribution in [2.45, 2.75) is 51.1 Å². The fourth-order valence-corrected chi connectivity index (χ4v) is 3.89. The average Bonchev–Trinajstić information content (AvgIpc) is 3.13. The number of hydrogen-bond donors (Lipinski definition) is 3. The molecule has 3 aromatic rings. The highest BCUT2D eigenvalue weighted by molar-refractivity contribution is 6.31. The fourth-order valence-electron chi connectivity index (χ4n) is 3.74. The van der Waals surface area contributed by atoms with Gasteiger partial charge in [-0.15, -0.1) is 0 Å². The van der Waals surface area contributed by atoms with Gasteiger partial charge >= 0.3 is 0 Å². The zero-order valence-electron chi connectivity index (χ0n) is 16.0. The highest BCUT2D eigenvalue weighted by Crippen LogP contribution is 2.29. The molecule has 3 N–H and O–H groups in total. The number of rotatable bonds is 5. The standard InChI is InChI=1S/C20H22ClFN6O/c1-2-17(29)26-12-4-3-5-13(7-12)27-20-16(22)10-25-19(28-20)15-9-24-18-14(15)6-11(21)8-23-18/h6,8-10,12-13H,2-5,7H2,1H3,(H,23,24)(H,26,29)(H,25,27,28). The van der Waals surface area contributed by atoms with E-state index >= 15 is 0 Å². The fraction of sp³-hybridized carbons (Fsp3) is 0.400. The van der Waals surface area contributed by atoms with Gasteiger partial charge in [-0.3, -0.25) is 4.79 Å². The molecule has 0 saturated heterocycles. The summed E-state index contributed by atoms with van der Waals surface area (Å²) in [6.07, 6.45) is 8.44. The predicted octanol–water partition coefficient (Wildman–Crippen LogP) is 4.06. The zero-order valence-corrected chi connectivity index (χ0v) is 16.8. The van der Waals surface area contributed by atoms with Crippen molar-refractivity contribution in [2.24, 2.45) is 0 Å². The van der Waals surface area contributed by atoms with Crippen LogP contribution in [0.2, 0.25) is 5.02 Å². The molecule has 1 fully saturated rings. The molecule has 3 aromatic heterocycles. The molecule has 0 bridgehead atoms. The first-order chi connectivity index (χ1) is 14.0. The van der Waals surface area contributed by atoms with E-state index in [4.69, 9.17) is 11.6 Å². The van der Waals surface area contributed by atoms with Gasteiger partial charge in [-0.1, -0.05) is 18.5 Å². The maximum absolute atomic E-state index is 14.4. The summed E-state index contributed by atoms with van der Waals surface area (Å²) in [5.74, 6) is 0.0740. The first-order valence-corrected chi connectivity index (χ1v) is 10.1. The maximum atomic E-state index is 14.4. The Morgan fingerprint density at radius 3 is 2.97 bits per heavy atom. The Bertz CT molecular complexity index is 1040. The van der Waals surface area contributed by atoms with Gasteiger partial charge in [0.15, 0.2) is 17.5 Å². The summed E-state index contributed by atoms with van der Waals surface area (Å²) >= 11 is 6.06. The summed E-state index contributed by atoms with van der Waals surface area (Å²) < 4.78 is 14.4. The van der Waals surface area contributed by atoms with E-state index in [1.54, 1.807) is 18.5 Å². The van der Waals surface area contributed by atoms with E-state index in [2.05, 4.69) is 30.6 Å². The highest BCUT2D eigenvalue weighted by Gasteiger charge is 2.24. The van der Waals surface area contributed by atoms with Crippen LogP contribution in [0.1, 0.15) is 39.0 Å². The van der Waals surface area contributed by atoms with Crippen molar-refractivity contribution in [2.75, 3.05) is 5.32 Å². The number of carbonyl (C=O) groups is 1. The molecule has 152 valence electrons. The van der Waals surface area contributed by atoms with Crippen molar-refractivity contribution >= 4 is 34.4 Å². The molecule has 2 unspecified atom stereocenters. The highest BCUT2D eigenvalue weighted by atomic mass is 35.5. The number of hydrogen-bond acceptors (Lipinski definition) is 5. The third kappa shape index (κ3) is 4.32. The van der Waals surface area contributed by atoms with Crippen molar-refractivity contribution in [1.29, 1.82) is 0 Å². The predicted molar refractivity (Wildman–Crippen MR) is 110 cm³/mol. The molecule has 9 heteroatoms. The number of nitrogens with zero attached hydrogens (tertiary/aromatic N) is 3. The van der Waals surface area contributed by atoms with Crippen molar-refractivity contribution in [3.63, 3.8) is 0 Å². The van der Waals surface area contributed by atoms with Gasteiger partial charge in [0, 0.05) is 41.8 Å². The number of nitrogens with one attached hydrogen (secondary N) is 3. The summed E-state index contributed by atoms with van der Waals surface area (Å²) in [5, 5.41) is 7.51. The number of aromatic nitrogens is 4. The van der Waals surface area contributed by atoms with Crippen molar-refractivity contribution in [1.82, 2.24) is 25.3 Å². The lowest BCUT2D eigenvalue weighted by atomic mass is 9.91. The van der Waals surface area contributed by atoms with Gasteiger partial charge in [-0.25, -0.2) is 19.3 Å². The molecule has 1 aliphatic rings. The topological polar surface area (TPSA) is 95.6 Å². The van der Waals surface area contributed by atoms with Gasteiger partial charge in [0.2, 0.25) is 5.91 Å². The second-order valence-corrected chi connectivity index (χ2v) is 7.70. The SMILES string of the molecule is CCC(=O)NC1CCCC(Nc2nc(-c3c[nH]c4ncc(Cl)cc34)ncc2F)C1. The van der Waals surface area contributed by atoms with Crippen LogP contribution in [-0.2, 0) is 4.79 Å². The number of aromatic amines is 1. The van der Waals surface area contributed by atoms with E-state index < -0.39 is 5.82 Å². The first kappa shape index (κ1) is 19.6. The number of H-pyrrole nitrogens is 1. The summed E-state index contributed by atoms with van der Waals surface area (Å²) in [5.41, 5.74) is 1.36. The Balaban J connectivity index is 1.55. The van der Waals surface area contributed by atoms with E-state index in [9.17, 15) is 9.18 Å². The third-order valence-corrected chi connectivity index (χ3v) is 5.39. The van der Waals surface area contributed by atoms with Crippen LogP contribution < -0.4 is 10.6 Å². The number of fused-ring (bicyclic) bond motifs is 1. The number of amides is 1. The summed E-state index contributed by atoms with van der Waals surface area (Å²) in [6, 6.07) is 1.90. The van der Waals surface area contributed by atoms with Crippen molar-refractivity contribution in [3.05, 3.63) is 35.5 Å². The minimum Gasteiger partial charge on any atom is -0.365 e. The molecule has 1 aliphatic carbocycles. The Hall–Kier alpha value is -2.74. The Morgan fingerprint density at radius 1 is 1.31 bits per heavy atom. The van der Waals surface area contributed by atoms with Crippen molar-refractivity contribution in [3.8, 4) is 11.4 Å². The largest absolute Gasteiger partial charge is 0.365 e. The van der Waals surface area contributed by atoms with E-state index in [1.807, 2.05) is 6.92 Å². The summed E-state index contributed by atoms with van der Waals surface area (Å²) in [6.45, 7) is 1.83. The first-order valence-electron chi connectivity index (χ1n) is 9.75. The van der Waals surface area contributed by atoms with Gasteiger partial charge in [0.25, 0.3) is 0 Å². The third-order valence-electron chi connectivity index (χ3n) is 5.18. The average molecular weight is 417 g/mol. The minimum atomic E-state index is -0.510. The Labute approximate surface area is 172 Å². The van der Waals surface area contributed by atoms with Crippen LogP contribution in [0.5, 0.6) is 0 Å². The summed E-state index contributed by atoms with van der Waals surface area (Å²) in [7, 11) is 0. The van der Waals surface area contributed by atoms with Crippen LogP contribution in [-0.4, -0.2) is 37.9 Å². The maximum Gasteiger partial charge on any atom is 0.219 e. The van der Waals surface area contributed by atoms with Gasteiger partial charge in [0.05, 0.1) is 11.2 Å². The molecule has 0 radical (unpaired) electrons. The van der Waals surface area contributed by atoms with Gasteiger partial charge in [0.1, 0.15) is 5.65 Å². The minimum absolute atomic E-state index is 0.0298. The number of carbonyl (C=O) groups excluding carboxylic acids is 1. The van der Waals surface area contributed by atoms with Crippen molar-refractivity contribution < 1.29 is 9.18 Å². The summed E-state index contributed by atoms with van der Waals surface area (Å²) in [4.78, 5) is 27.5. The molecular weight excluding hydrogens is 395 g/mol. The smallest absolute Gasteiger partial charge is 0.219 e. The molecule has 1 amide bonds. The second-order valence-electron chi connectivity index (χ2n) is 7.27. The van der Waals surface area contributed by atoms with Crippen LogP contribution in [0.25, 0.3) is 22.4 Å². The van der Waals surface area contributed by atoms with Gasteiger partial charge in [-0.05, 0) is 31.7 Å². The second kappa shape index (κ2) is 8.32. The molecule has 0 aliphatic heterocycles. The number of anilines is 1. The van der Waals surface area contributed by atoms with Crippen LogP contribution >= 0.6 is 11.6 Å². The zero-order chi connectivity index (χ0) is 20.4. The molecule has 2 atom stereocenters. The van der Waals surface area contributed by atoms with E-state index in [0.717, 1.165) is 31.1 Å². The molecule has 3 heterocycles. The molecule has 1 saturated carbocycles. The molecule has 7 nitrogen and oxygen atoms in total. The Morgan fingerprint density at radius 2 is 2.14 bits per heavy atom. The van der Waals surface area contributed by atoms with Crippen LogP contribution in [0.15, 0.2) is 24.7 Å². The van der Waals surface area contributed by atoms with Gasteiger partial charge < -0.3 is 15.6 Å². The van der Waals surface area contributed by atoms with Gasteiger partial charge in [-0.2, -0.15) is 0 Å². The van der Waals surface area contributed by atoms with Crippen LogP contribution in [0.3, 0.4) is 0 Å². The quantitative estimate of drug-likeness (QED) is 0.582. The van der Waals surface area contributed by atoms with E-state index in [-0.39, 0.29) is 23.8 Å². The lowest BCUT2D eigenvalue weighted by molar-refractivity contribution is -0.121. The van der Waals surface area contributed by atoms with E-state index in [1.165, 1.54) is 6.20 Å². The normalized spacial score (nSPS) is 19.3. The molecular formula is C20H22ClFN6O. The molecule has 4 rings (SSSR count). The van der Waals surface area contributed by atoms with Crippen LogP contribution in [0, 0.1) is 5.82 Å². The molecule has 0 aromatic carbocycles. The van der Waals surface area contributed by atoms with Crippen LogP contribution in [0.4, 0.5) is 10.2 Å². The number of pyridine rings is 1. The molecule has 0 spiro atoms. The van der Waals surface area contributed by atoms with E-state index in [0.29, 0.717) is 28.5 Å². The Kier molecular flexibility index (Phi) is 5.62. The lowest BCUT2D eigenvalue weighted by Gasteiger charge is -2.30. The number of halogens is 2.